The Kier molecular flexibility index (Phi) is 6.88. The molecule has 2 aromatic rings. The molecule has 0 spiro atoms. The highest BCUT2D eigenvalue weighted by atomic mass is 35.5. The molecule has 1 aromatic carbocycles. The van der Waals surface area contributed by atoms with Crippen molar-refractivity contribution in [3.8, 4) is 0 Å². The minimum absolute atomic E-state index is 0. The molecule has 21 heavy (non-hydrogen) atoms. The van der Waals surface area contributed by atoms with Gasteiger partial charge in [0.1, 0.15) is 0 Å². The number of piperazine rings is 1. The van der Waals surface area contributed by atoms with Gasteiger partial charge in [0.2, 0.25) is 0 Å². The Morgan fingerprint density at radius 1 is 1.29 bits per heavy atom. The van der Waals surface area contributed by atoms with E-state index >= 15 is 0 Å². The summed E-state index contributed by atoms with van der Waals surface area (Å²) in [6.45, 7) is 8.69. The third-order valence-corrected chi connectivity index (χ3v) is 3.94. The number of aryl methyl sites for hydroxylation is 1. The first-order chi connectivity index (χ1) is 9.24. The Bertz CT molecular complexity index is 589. The van der Waals surface area contributed by atoms with Crippen molar-refractivity contribution in [1.82, 2.24) is 15.2 Å². The molecule has 1 aromatic heterocycles. The Hall–Kier alpha value is -0.870. The summed E-state index contributed by atoms with van der Waals surface area (Å²) in [5.41, 5.74) is 3.62. The third-order valence-electron chi connectivity index (χ3n) is 3.94. The van der Waals surface area contributed by atoms with Crippen LogP contribution < -0.4 is 5.32 Å². The summed E-state index contributed by atoms with van der Waals surface area (Å²) in [6.07, 6.45) is 0. The second-order valence-electron chi connectivity index (χ2n) is 5.46. The standard InChI is InChI=1S/C16H21N3.2ClH/c1-12-9-14(11-19-8-7-17-10-13(19)2)15-5-3-4-6-16(15)18-12;;/h3-6,9,13,17H,7-8,10-11H2,1-2H3;2*1H/t13-;;/m0../s1. The first-order valence-electron chi connectivity index (χ1n) is 7.04. The summed E-state index contributed by atoms with van der Waals surface area (Å²) in [6, 6.07) is 11.3. The molecule has 1 fully saturated rings. The van der Waals surface area contributed by atoms with Crippen LogP contribution in [0.4, 0.5) is 0 Å². The lowest BCUT2D eigenvalue weighted by Gasteiger charge is -2.34. The van der Waals surface area contributed by atoms with Gasteiger partial charge in [0.05, 0.1) is 5.52 Å². The van der Waals surface area contributed by atoms with Gasteiger partial charge in [-0.05, 0) is 31.5 Å². The molecular weight excluding hydrogens is 305 g/mol. The highest BCUT2D eigenvalue weighted by Crippen LogP contribution is 2.21. The van der Waals surface area contributed by atoms with E-state index < -0.39 is 0 Å². The predicted octanol–water partition coefficient (Wildman–Crippen LogP) is 3.18. The molecule has 1 N–H and O–H groups in total. The fourth-order valence-corrected chi connectivity index (χ4v) is 2.86. The van der Waals surface area contributed by atoms with E-state index in [0.717, 1.165) is 37.4 Å². The number of aromatic nitrogens is 1. The van der Waals surface area contributed by atoms with Crippen LogP contribution in [0, 0.1) is 6.92 Å². The topological polar surface area (TPSA) is 28.2 Å². The highest BCUT2D eigenvalue weighted by Gasteiger charge is 2.18. The van der Waals surface area contributed by atoms with Crippen LogP contribution >= 0.6 is 24.8 Å². The number of benzene rings is 1. The van der Waals surface area contributed by atoms with Crippen molar-refractivity contribution < 1.29 is 0 Å². The Morgan fingerprint density at radius 3 is 2.81 bits per heavy atom. The molecule has 5 heteroatoms. The molecular formula is C16H23Cl2N3. The van der Waals surface area contributed by atoms with Crippen molar-refractivity contribution in [3.63, 3.8) is 0 Å². The molecule has 0 aliphatic carbocycles. The summed E-state index contributed by atoms with van der Waals surface area (Å²) in [5, 5.41) is 4.74. The summed E-state index contributed by atoms with van der Waals surface area (Å²) in [7, 11) is 0. The van der Waals surface area contributed by atoms with Crippen molar-refractivity contribution in [2.75, 3.05) is 19.6 Å². The normalized spacial score (nSPS) is 18.9. The lowest BCUT2D eigenvalue weighted by molar-refractivity contribution is 0.166. The maximum atomic E-state index is 4.62. The van der Waals surface area contributed by atoms with Gasteiger partial charge in [-0.1, -0.05) is 18.2 Å². The largest absolute Gasteiger partial charge is 0.314 e. The molecule has 0 saturated carbocycles. The fraction of sp³-hybridized carbons (Fsp3) is 0.438. The molecule has 1 saturated heterocycles. The zero-order valence-corrected chi connectivity index (χ0v) is 14.1. The van der Waals surface area contributed by atoms with E-state index in [1.54, 1.807) is 0 Å². The maximum Gasteiger partial charge on any atom is 0.0708 e. The number of rotatable bonds is 2. The van der Waals surface area contributed by atoms with E-state index in [4.69, 9.17) is 0 Å². The molecule has 1 aliphatic rings. The average molecular weight is 328 g/mol. The molecule has 3 rings (SSSR count). The zero-order valence-electron chi connectivity index (χ0n) is 12.5. The quantitative estimate of drug-likeness (QED) is 0.918. The molecule has 116 valence electrons. The number of halogens is 2. The number of fused-ring (bicyclic) bond motifs is 1. The molecule has 0 bridgehead atoms. The lowest BCUT2D eigenvalue weighted by Crippen LogP contribution is -2.49. The van der Waals surface area contributed by atoms with Crippen LogP contribution in [0.1, 0.15) is 18.2 Å². The van der Waals surface area contributed by atoms with Gasteiger partial charge in [0.15, 0.2) is 0 Å². The first kappa shape index (κ1) is 18.2. The van der Waals surface area contributed by atoms with Gasteiger partial charge < -0.3 is 5.32 Å². The molecule has 1 atom stereocenters. The lowest BCUT2D eigenvalue weighted by atomic mass is 10.1. The van der Waals surface area contributed by atoms with Crippen molar-refractivity contribution in [2.24, 2.45) is 0 Å². The minimum atomic E-state index is 0. The summed E-state index contributed by atoms with van der Waals surface area (Å²) in [4.78, 5) is 7.17. The summed E-state index contributed by atoms with van der Waals surface area (Å²) in [5.74, 6) is 0. The van der Waals surface area contributed by atoms with Gasteiger partial charge in [-0.2, -0.15) is 0 Å². The van der Waals surface area contributed by atoms with E-state index in [1.807, 2.05) is 0 Å². The van der Waals surface area contributed by atoms with Crippen LogP contribution in [0.3, 0.4) is 0 Å². The van der Waals surface area contributed by atoms with E-state index in [0.29, 0.717) is 6.04 Å². The second kappa shape index (κ2) is 7.95. The van der Waals surface area contributed by atoms with E-state index in [-0.39, 0.29) is 24.8 Å². The van der Waals surface area contributed by atoms with E-state index in [9.17, 15) is 0 Å². The maximum absolute atomic E-state index is 4.62. The molecule has 0 amide bonds. The van der Waals surface area contributed by atoms with Crippen molar-refractivity contribution in [1.29, 1.82) is 0 Å². The minimum Gasteiger partial charge on any atom is -0.314 e. The van der Waals surface area contributed by atoms with E-state index in [1.165, 1.54) is 10.9 Å². The van der Waals surface area contributed by atoms with Gasteiger partial charge in [0.25, 0.3) is 0 Å². The van der Waals surface area contributed by atoms with Crippen LogP contribution in [-0.4, -0.2) is 35.6 Å². The Labute approximate surface area is 138 Å². The van der Waals surface area contributed by atoms with Crippen LogP contribution in [0.5, 0.6) is 0 Å². The van der Waals surface area contributed by atoms with Crippen molar-refractivity contribution in [3.05, 3.63) is 41.6 Å². The van der Waals surface area contributed by atoms with Crippen molar-refractivity contribution >= 4 is 35.7 Å². The molecule has 0 radical (unpaired) electrons. The van der Waals surface area contributed by atoms with Crippen LogP contribution in [0.25, 0.3) is 10.9 Å². The number of nitrogens with zero attached hydrogens (tertiary/aromatic N) is 2. The molecule has 0 unspecified atom stereocenters. The average Bonchev–Trinajstić information content (AvgIpc) is 2.41. The van der Waals surface area contributed by atoms with Gasteiger partial charge in [0, 0.05) is 43.3 Å². The van der Waals surface area contributed by atoms with Crippen LogP contribution in [0.15, 0.2) is 30.3 Å². The second-order valence-corrected chi connectivity index (χ2v) is 5.46. The van der Waals surface area contributed by atoms with E-state index in [2.05, 4.69) is 59.4 Å². The van der Waals surface area contributed by atoms with Crippen LogP contribution in [0.2, 0.25) is 0 Å². The SMILES string of the molecule is Cc1cc(CN2CCNC[C@@H]2C)c2ccccc2n1.Cl.Cl. The van der Waals surface area contributed by atoms with Crippen LogP contribution in [-0.2, 0) is 6.54 Å². The first-order valence-corrected chi connectivity index (χ1v) is 7.04. The molecule has 3 nitrogen and oxygen atoms in total. The Balaban J connectivity index is 0.00000110. The van der Waals surface area contributed by atoms with Gasteiger partial charge >= 0.3 is 0 Å². The predicted molar refractivity (Wildman–Crippen MR) is 93.7 cm³/mol. The number of para-hydroxylation sites is 1. The van der Waals surface area contributed by atoms with Gasteiger partial charge in [-0.25, -0.2) is 0 Å². The van der Waals surface area contributed by atoms with Gasteiger partial charge in [-0.3, -0.25) is 9.88 Å². The fourth-order valence-electron chi connectivity index (χ4n) is 2.86. The monoisotopic (exact) mass is 327 g/mol. The van der Waals surface area contributed by atoms with Crippen molar-refractivity contribution in [2.45, 2.75) is 26.4 Å². The number of hydrogen-bond acceptors (Lipinski definition) is 3. The smallest absolute Gasteiger partial charge is 0.0708 e. The summed E-state index contributed by atoms with van der Waals surface area (Å²) >= 11 is 0. The third kappa shape index (κ3) is 4.07. The number of pyridine rings is 1. The Morgan fingerprint density at radius 2 is 2.05 bits per heavy atom. The summed E-state index contributed by atoms with van der Waals surface area (Å²) < 4.78 is 0. The number of nitrogens with one attached hydrogen (secondary N) is 1. The highest BCUT2D eigenvalue weighted by molar-refractivity contribution is 5.85. The number of hydrogen-bond donors (Lipinski definition) is 1. The zero-order chi connectivity index (χ0) is 13.2. The molecule has 2 heterocycles. The molecule has 1 aliphatic heterocycles. The van der Waals surface area contributed by atoms with Gasteiger partial charge in [-0.15, -0.1) is 24.8 Å².